The van der Waals surface area contributed by atoms with E-state index in [1.165, 1.54) is 12.1 Å². The first-order valence-electron chi connectivity index (χ1n) is 5.81. The predicted molar refractivity (Wildman–Crippen MR) is 64.6 cm³/mol. The lowest BCUT2D eigenvalue weighted by molar-refractivity contribution is -0.385. The molecule has 2 rings (SSSR count). The molecule has 1 saturated heterocycles. The fourth-order valence-corrected chi connectivity index (χ4v) is 2.21. The quantitative estimate of drug-likeness (QED) is 0.651. The van der Waals surface area contributed by atoms with Crippen LogP contribution in [0.25, 0.3) is 0 Å². The fourth-order valence-electron chi connectivity index (χ4n) is 2.21. The molecule has 18 heavy (non-hydrogen) atoms. The molecule has 0 bridgehead atoms. The molecule has 0 aliphatic carbocycles. The Hall–Kier alpha value is -1.95. The van der Waals surface area contributed by atoms with Gasteiger partial charge in [0.2, 0.25) is 0 Å². The van der Waals surface area contributed by atoms with E-state index in [-0.39, 0.29) is 11.3 Å². The molecular formula is C12H14N2O4. The number of carbonyl (C=O) groups is 1. The normalized spacial score (nSPS) is 15.8. The van der Waals surface area contributed by atoms with Gasteiger partial charge in [-0.1, -0.05) is 6.07 Å². The Bertz CT molecular complexity index is 481. The van der Waals surface area contributed by atoms with Crippen molar-refractivity contribution in [3.63, 3.8) is 0 Å². The summed E-state index contributed by atoms with van der Waals surface area (Å²) in [6.45, 7) is 2.65. The molecule has 0 atom stereocenters. The molecule has 1 aliphatic heterocycles. The van der Waals surface area contributed by atoms with Crippen molar-refractivity contribution in [3.05, 3.63) is 39.4 Å². The molecule has 1 N–H and O–H groups in total. The molecule has 0 radical (unpaired) electrons. The van der Waals surface area contributed by atoms with E-state index in [9.17, 15) is 14.9 Å². The highest BCUT2D eigenvalue weighted by atomic mass is 16.6. The number of hydrogen-bond acceptors (Lipinski definition) is 4. The Labute approximate surface area is 104 Å². The second kappa shape index (κ2) is 5.14. The van der Waals surface area contributed by atoms with Crippen LogP contribution < -0.4 is 0 Å². The Balaban J connectivity index is 2.24. The number of carboxylic acids is 1. The molecule has 1 aliphatic rings. The third-order valence-electron chi connectivity index (χ3n) is 3.09. The summed E-state index contributed by atoms with van der Waals surface area (Å²) in [5.74, 6) is -1.26. The SMILES string of the molecule is O=C(O)c1cc(CN2CCCC2)ccc1[N+](=O)[O-]. The summed E-state index contributed by atoms with van der Waals surface area (Å²) in [5.41, 5.74) is 0.212. The molecule has 96 valence electrons. The Morgan fingerprint density at radius 1 is 1.39 bits per heavy atom. The largest absolute Gasteiger partial charge is 0.477 e. The van der Waals surface area contributed by atoms with E-state index in [0.717, 1.165) is 31.5 Å². The van der Waals surface area contributed by atoms with Crippen LogP contribution in [0.3, 0.4) is 0 Å². The Kier molecular flexibility index (Phi) is 3.57. The van der Waals surface area contributed by atoms with E-state index in [4.69, 9.17) is 5.11 Å². The molecule has 0 spiro atoms. The van der Waals surface area contributed by atoms with E-state index in [2.05, 4.69) is 4.90 Å². The number of carboxylic acid groups (broad SMARTS) is 1. The van der Waals surface area contributed by atoms with Crippen LogP contribution in [0.5, 0.6) is 0 Å². The molecule has 0 amide bonds. The van der Waals surface area contributed by atoms with Gasteiger partial charge in [0.05, 0.1) is 4.92 Å². The van der Waals surface area contributed by atoms with Gasteiger partial charge >= 0.3 is 5.97 Å². The minimum Gasteiger partial charge on any atom is -0.477 e. The van der Waals surface area contributed by atoms with Crippen molar-refractivity contribution >= 4 is 11.7 Å². The molecule has 6 nitrogen and oxygen atoms in total. The molecule has 1 heterocycles. The molecule has 6 heteroatoms. The van der Waals surface area contributed by atoms with Gasteiger partial charge in [-0.15, -0.1) is 0 Å². The minimum atomic E-state index is -1.26. The van der Waals surface area contributed by atoms with Crippen molar-refractivity contribution in [3.8, 4) is 0 Å². The number of rotatable bonds is 4. The molecular weight excluding hydrogens is 236 g/mol. The standard InChI is InChI=1S/C12H14N2O4/c15-12(16)10-7-9(3-4-11(10)14(17)18)8-13-5-1-2-6-13/h3-4,7H,1-2,5-6,8H2,(H,15,16). The number of hydrogen-bond donors (Lipinski definition) is 1. The van der Waals surface area contributed by atoms with Crippen LogP contribution in [0.1, 0.15) is 28.8 Å². The van der Waals surface area contributed by atoms with Crippen LogP contribution >= 0.6 is 0 Å². The average molecular weight is 250 g/mol. The van der Waals surface area contributed by atoms with E-state index in [1.807, 2.05) is 0 Å². The van der Waals surface area contributed by atoms with Gasteiger partial charge in [0.1, 0.15) is 5.56 Å². The third-order valence-corrected chi connectivity index (χ3v) is 3.09. The summed E-state index contributed by atoms with van der Waals surface area (Å²) in [4.78, 5) is 23.3. The lowest BCUT2D eigenvalue weighted by Gasteiger charge is -2.14. The van der Waals surface area contributed by atoms with Crippen molar-refractivity contribution in [2.75, 3.05) is 13.1 Å². The van der Waals surface area contributed by atoms with Gasteiger partial charge in [-0.25, -0.2) is 4.79 Å². The lowest BCUT2D eigenvalue weighted by atomic mass is 10.1. The highest BCUT2D eigenvalue weighted by Gasteiger charge is 2.21. The number of nitrogens with zero attached hydrogens (tertiary/aromatic N) is 2. The number of benzene rings is 1. The Morgan fingerprint density at radius 3 is 2.61 bits per heavy atom. The molecule has 0 unspecified atom stereocenters. The highest BCUT2D eigenvalue weighted by Crippen LogP contribution is 2.22. The van der Waals surface area contributed by atoms with Gasteiger partial charge in [-0.2, -0.15) is 0 Å². The van der Waals surface area contributed by atoms with Gasteiger partial charge in [-0.05, 0) is 37.6 Å². The summed E-state index contributed by atoms with van der Waals surface area (Å²) in [7, 11) is 0. The van der Waals surface area contributed by atoms with Crippen molar-refractivity contribution < 1.29 is 14.8 Å². The number of likely N-dealkylation sites (tertiary alicyclic amines) is 1. The number of nitro benzene ring substituents is 1. The zero-order valence-electron chi connectivity index (χ0n) is 9.83. The van der Waals surface area contributed by atoms with E-state index < -0.39 is 10.9 Å². The van der Waals surface area contributed by atoms with Gasteiger partial charge in [0.25, 0.3) is 5.69 Å². The monoisotopic (exact) mass is 250 g/mol. The number of nitro groups is 1. The van der Waals surface area contributed by atoms with Gasteiger partial charge < -0.3 is 5.11 Å². The van der Waals surface area contributed by atoms with Crippen LogP contribution in [0, 0.1) is 10.1 Å². The second-order valence-corrected chi connectivity index (χ2v) is 4.40. The summed E-state index contributed by atoms with van der Waals surface area (Å²) in [6, 6.07) is 4.30. The maximum atomic E-state index is 11.0. The third kappa shape index (κ3) is 2.65. The van der Waals surface area contributed by atoms with Crippen LogP contribution in [-0.2, 0) is 6.54 Å². The Morgan fingerprint density at radius 2 is 2.06 bits per heavy atom. The van der Waals surface area contributed by atoms with E-state index in [1.54, 1.807) is 6.07 Å². The molecule has 1 fully saturated rings. The van der Waals surface area contributed by atoms with Gasteiger partial charge in [0, 0.05) is 12.6 Å². The van der Waals surface area contributed by atoms with Crippen molar-refractivity contribution in [1.82, 2.24) is 4.90 Å². The molecule has 0 saturated carbocycles. The maximum Gasteiger partial charge on any atom is 0.342 e. The fraction of sp³-hybridized carbons (Fsp3) is 0.417. The summed E-state index contributed by atoms with van der Waals surface area (Å²) >= 11 is 0. The number of aromatic carboxylic acids is 1. The maximum absolute atomic E-state index is 11.0. The zero-order valence-corrected chi connectivity index (χ0v) is 9.83. The van der Waals surface area contributed by atoms with E-state index in [0.29, 0.717) is 6.54 Å². The highest BCUT2D eigenvalue weighted by molar-refractivity contribution is 5.92. The molecule has 1 aromatic carbocycles. The van der Waals surface area contributed by atoms with Crippen LogP contribution in [0.15, 0.2) is 18.2 Å². The zero-order chi connectivity index (χ0) is 13.1. The molecule has 1 aromatic rings. The minimum absolute atomic E-state index is 0.239. The van der Waals surface area contributed by atoms with Crippen molar-refractivity contribution in [1.29, 1.82) is 0 Å². The molecule has 0 aromatic heterocycles. The van der Waals surface area contributed by atoms with Crippen molar-refractivity contribution in [2.45, 2.75) is 19.4 Å². The summed E-state index contributed by atoms with van der Waals surface area (Å²) in [6.07, 6.45) is 2.30. The summed E-state index contributed by atoms with van der Waals surface area (Å²) in [5, 5.41) is 19.7. The van der Waals surface area contributed by atoms with E-state index >= 15 is 0 Å². The second-order valence-electron chi connectivity index (χ2n) is 4.40. The smallest absolute Gasteiger partial charge is 0.342 e. The predicted octanol–water partition coefficient (Wildman–Crippen LogP) is 1.89. The first kappa shape index (κ1) is 12.5. The first-order chi connectivity index (χ1) is 8.58. The van der Waals surface area contributed by atoms with Crippen LogP contribution in [0.2, 0.25) is 0 Å². The van der Waals surface area contributed by atoms with Crippen LogP contribution in [0.4, 0.5) is 5.69 Å². The average Bonchev–Trinajstić information content (AvgIpc) is 2.81. The van der Waals surface area contributed by atoms with Gasteiger partial charge in [-0.3, -0.25) is 15.0 Å². The first-order valence-corrected chi connectivity index (χ1v) is 5.81. The summed E-state index contributed by atoms with van der Waals surface area (Å²) < 4.78 is 0. The lowest BCUT2D eigenvalue weighted by Crippen LogP contribution is -2.18. The van der Waals surface area contributed by atoms with Crippen molar-refractivity contribution in [2.24, 2.45) is 0 Å². The van der Waals surface area contributed by atoms with Crippen LogP contribution in [-0.4, -0.2) is 34.0 Å². The topological polar surface area (TPSA) is 83.7 Å². The van der Waals surface area contributed by atoms with Gasteiger partial charge in [0.15, 0.2) is 0 Å².